The van der Waals surface area contributed by atoms with Gasteiger partial charge in [-0.2, -0.15) is 0 Å². The molecule has 3 aliphatic rings. The quantitative estimate of drug-likeness (QED) is 0.280. The number of para-hydroxylation sites is 1. The van der Waals surface area contributed by atoms with Gasteiger partial charge in [0.25, 0.3) is 5.69 Å². The molecule has 1 aliphatic carbocycles. The van der Waals surface area contributed by atoms with Crippen LogP contribution in [0, 0.1) is 10.1 Å². The fourth-order valence-electron chi connectivity index (χ4n) is 5.41. The molecule has 5 nitrogen and oxygen atoms in total. The van der Waals surface area contributed by atoms with Crippen LogP contribution in [0.25, 0.3) is 5.76 Å². The largest absolute Gasteiger partial charge is 0.440 e. The van der Waals surface area contributed by atoms with Gasteiger partial charge in [-0.25, -0.2) is 0 Å². The number of non-ortho nitro benzene ring substituents is 1. The van der Waals surface area contributed by atoms with Crippen LogP contribution in [0.5, 0.6) is 0 Å². The van der Waals surface area contributed by atoms with E-state index >= 15 is 0 Å². The molecule has 6 heteroatoms. The normalized spacial score (nSPS) is 20.9. The van der Waals surface area contributed by atoms with E-state index in [1.807, 2.05) is 48.2 Å². The lowest BCUT2D eigenvalue weighted by Gasteiger charge is -2.42. The minimum absolute atomic E-state index is 0.0349. The van der Waals surface area contributed by atoms with Crippen LogP contribution < -0.4 is 4.90 Å². The van der Waals surface area contributed by atoms with Crippen molar-refractivity contribution in [3.8, 4) is 0 Å². The molecule has 176 valence electrons. The Morgan fingerprint density at radius 2 is 1.54 bits per heavy atom. The molecular weight excluding hydrogens is 456 g/mol. The summed E-state index contributed by atoms with van der Waals surface area (Å²) in [6.07, 6.45) is 8.01. The number of nitro benzene ring substituents is 1. The summed E-state index contributed by atoms with van der Waals surface area (Å²) in [5.74, 6) is 1.68. The van der Waals surface area contributed by atoms with E-state index in [1.54, 1.807) is 12.1 Å². The molecule has 6 rings (SSSR count). The van der Waals surface area contributed by atoms with Crippen molar-refractivity contribution in [1.82, 2.24) is 0 Å². The summed E-state index contributed by atoms with van der Waals surface area (Å²) in [5, 5.41) is 11.3. The first-order chi connectivity index (χ1) is 17.1. The number of hydrogen-bond acceptors (Lipinski definition) is 5. The monoisotopic (exact) mass is 482 g/mol. The number of allylic oxidation sites excluding steroid dienone is 2. The number of ether oxygens (including phenoxy) is 1. The lowest BCUT2D eigenvalue weighted by molar-refractivity contribution is -0.384. The molecule has 3 aromatic rings. The van der Waals surface area contributed by atoms with E-state index < -0.39 is 0 Å². The molecule has 0 aromatic heterocycles. The molecule has 2 heterocycles. The molecule has 1 saturated carbocycles. The van der Waals surface area contributed by atoms with Crippen molar-refractivity contribution in [2.45, 2.75) is 42.9 Å². The maximum absolute atomic E-state index is 11.3. The number of nitrogens with zero attached hydrogens (tertiary/aromatic N) is 2. The lowest BCUT2D eigenvalue weighted by atomic mass is 9.92. The van der Waals surface area contributed by atoms with Gasteiger partial charge in [0.15, 0.2) is 0 Å². The Morgan fingerprint density at radius 3 is 2.20 bits per heavy atom. The van der Waals surface area contributed by atoms with Crippen molar-refractivity contribution in [3.05, 3.63) is 123 Å². The highest BCUT2D eigenvalue weighted by Crippen LogP contribution is 2.61. The molecule has 0 bridgehead atoms. The molecular formula is C29H26N2O3S. The fourth-order valence-corrected chi connectivity index (χ4v) is 7.15. The standard InChI is InChI=1S/C29H26N2O3S/c32-31(33)24-16-14-21(15-17-24)25-20-26(22-10-4-1-5-11-22)34-28-27(25)35-29(18-8-3-9-19-29)30(28)23-12-6-2-7-13-23/h1-2,4-7,10-17,20,25H,3,8-9,18-19H2. The summed E-state index contributed by atoms with van der Waals surface area (Å²) < 4.78 is 6.74. The Kier molecular flexibility index (Phi) is 5.61. The number of benzene rings is 3. The third-order valence-corrected chi connectivity index (χ3v) is 8.72. The maximum atomic E-state index is 11.3. The van der Waals surface area contributed by atoms with Crippen LogP contribution in [0.3, 0.4) is 0 Å². The number of nitro groups is 1. The van der Waals surface area contributed by atoms with E-state index in [0.717, 1.165) is 41.3 Å². The number of anilines is 1. The van der Waals surface area contributed by atoms with Crippen molar-refractivity contribution in [1.29, 1.82) is 0 Å². The topological polar surface area (TPSA) is 55.6 Å². The molecule has 1 atom stereocenters. The summed E-state index contributed by atoms with van der Waals surface area (Å²) in [6, 6.07) is 27.7. The van der Waals surface area contributed by atoms with Crippen LogP contribution in [-0.2, 0) is 4.74 Å². The van der Waals surface area contributed by atoms with Crippen molar-refractivity contribution < 1.29 is 9.66 Å². The summed E-state index contributed by atoms with van der Waals surface area (Å²) in [4.78, 5) is 14.5. The summed E-state index contributed by atoms with van der Waals surface area (Å²) in [5.41, 5.74) is 3.31. The van der Waals surface area contributed by atoms with Crippen molar-refractivity contribution >= 4 is 28.9 Å². The van der Waals surface area contributed by atoms with Gasteiger partial charge in [-0.3, -0.25) is 15.0 Å². The molecule has 1 unspecified atom stereocenters. The molecule has 0 radical (unpaired) electrons. The zero-order chi connectivity index (χ0) is 23.8. The Bertz CT molecular complexity index is 1300. The molecule has 35 heavy (non-hydrogen) atoms. The highest BCUT2D eigenvalue weighted by molar-refractivity contribution is 8.04. The van der Waals surface area contributed by atoms with Crippen LogP contribution in [0.4, 0.5) is 11.4 Å². The van der Waals surface area contributed by atoms with Gasteiger partial charge in [0.1, 0.15) is 5.76 Å². The highest BCUT2D eigenvalue weighted by atomic mass is 32.2. The van der Waals surface area contributed by atoms with Crippen LogP contribution >= 0.6 is 11.8 Å². The summed E-state index contributed by atoms with van der Waals surface area (Å²) in [6.45, 7) is 0. The first-order valence-corrected chi connectivity index (χ1v) is 12.9. The second-order valence-electron chi connectivity index (χ2n) is 9.27. The SMILES string of the molecule is O=[N+]([O-])c1ccc(C2C=C(c3ccccc3)OC3=C2SC2(CCCCC2)N3c2ccccc2)cc1. The van der Waals surface area contributed by atoms with Gasteiger partial charge in [-0.15, -0.1) is 0 Å². The Balaban J connectivity index is 1.50. The zero-order valence-electron chi connectivity index (χ0n) is 19.3. The second-order valence-corrected chi connectivity index (χ2v) is 10.7. The smallest absolute Gasteiger partial charge is 0.269 e. The minimum atomic E-state index is -0.345. The Labute approximate surface area is 209 Å². The number of hydrogen-bond donors (Lipinski definition) is 0. The molecule has 1 spiro atoms. The molecule has 0 amide bonds. The van der Waals surface area contributed by atoms with Crippen molar-refractivity contribution in [2.75, 3.05) is 4.90 Å². The molecule has 0 N–H and O–H groups in total. The van der Waals surface area contributed by atoms with E-state index in [-0.39, 0.29) is 21.4 Å². The van der Waals surface area contributed by atoms with Gasteiger partial charge < -0.3 is 4.74 Å². The van der Waals surface area contributed by atoms with Gasteiger partial charge in [-0.05, 0) is 36.6 Å². The molecule has 3 aromatic carbocycles. The van der Waals surface area contributed by atoms with Gasteiger partial charge in [0, 0.05) is 29.3 Å². The minimum Gasteiger partial charge on any atom is -0.440 e. The van der Waals surface area contributed by atoms with E-state index in [4.69, 9.17) is 4.74 Å². The van der Waals surface area contributed by atoms with E-state index in [9.17, 15) is 10.1 Å². The molecule has 2 aliphatic heterocycles. The van der Waals surface area contributed by atoms with Gasteiger partial charge >= 0.3 is 0 Å². The molecule has 0 saturated heterocycles. The average Bonchev–Trinajstić information content (AvgIpc) is 3.22. The second kappa shape index (κ2) is 8.93. The first-order valence-electron chi connectivity index (χ1n) is 12.1. The number of rotatable bonds is 4. The summed E-state index contributed by atoms with van der Waals surface area (Å²) >= 11 is 1.93. The van der Waals surface area contributed by atoms with Gasteiger partial charge in [-0.1, -0.05) is 91.7 Å². The Morgan fingerprint density at radius 1 is 0.886 bits per heavy atom. The van der Waals surface area contributed by atoms with Crippen molar-refractivity contribution in [3.63, 3.8) is 0 Å². The third kappa shape index (κ3) is 3.92. The van der Waals surface area contributed by atoms with Crippen LogP contribution in [-0.4, -0.2) is 9.79 Å². The van der Waals surface area contributed by atoms with E-state index in [1.165, 1.54) is 24.2 Å². The first kappa shape index (κ1) is 22.0. The number of thioether (sulfide) groups is 1. The summed E-state index contributed by atoms with van der Waals surface area (Å²) in [7, 11) is 0. The average molecular weight is 483 g/mol. The van der Waals surface area contributed by atoms with Gasteiger partial charge in [0.2, 0.25) is 5.88 Å². The third-order valence-electron chi connectivity index (χ3n) is 7.10. The maximum Gasteiger partial charge on any atom is 0.269 e. The van der Waals surface area contributed by atoms with Crippen LogP contribution in [0.15, 0.2) is 102 Å². The fraction of sp³-hybridized carbons (Fsp3) is 0.241. The van der Waals surface area contributed by atoms with Crippen LogP contribution in [0.1, 0.15) is 49.1 Å². The van der Waals surface area contributed by atoms with Gasteiger partial charge in [0.05, 0.1) is 14.7 Å². The molecule has 1 fully saturated rings. The zero-order valence-corrected chi connectivity index (χ0v) is 20.1. The van der Waals surface area contributed by atoms with Crippen molar-refractivity contribution in [2.24, 2.45) is 0 Å². The predicted molar refractivity (Wildman–Crippen MR) is 141 cm³/mol. The lowest BCUT2D eigenvalue weighted by Crippen LogP contribution is -2.44. The Hall–Kier alpha value is -3.51. The highest BCUT2D eigenvalue weighted by Gasteiger charge is 2.51. The van der Waals surface area contributed by atoms with Crippen LogP contribution in [0.2, 0.25) is 0 Å². The van der Waals surface area contributed by atoms with E-state index in [0.29, 0.717) is 0 Å². The predicted octanol–water partition coefficient (Wildman–Crippen LogP) is 7.83. The van der Waals surface area contributed by atoms with E-state index in [2.05, 4.69) is 47.4 Å².